The summed E-state index contributed by atoms with van der Waals surface area (Å²) >= 11 is 0. The molecular weight excluding hydrogens is 282 g/mol. The van der Waals surface area contributed by atoms with Gasteiger partial charge in [0.15, 0.2) is 5.41 Å². The Morgan fingerprint density at radius 3 is 2.14 bits per heavy atom. The van der Waals surface area contributed by atoms with E-state index in [4.69, 9.17) is 9.47 Å². The van der Waals surface area contributed by atoms with Crippen molar-refractivity contribution in [3.05, 3.63) is 0 Å². The van der Waals surface area contributed by atoms with Crippen molar-refractivity contribution in [1.29, 1.82) is 5.26 Å². The zero-order chi connectivity index (χ0) is 17.0. The van der Waals surface area contributed by atoms with Crippen molar-refractivity contribution in [2.45, 2.75) is 66.2 Å². The molecule has 0 saturated carbocycles. The molecule has 22 heavy (non-hydrogen) atoms. The predicted molar refractivity (Wildman–Crippen MR) is 83.9 cm³/mol. The van der Waals surface area contributed by atoms with Gasteiger partial charge < -0.3 is 9.47 Å². The van der Waals surface area contributed by atoms with Gasteiger partial charge in [0.25, 0.3) is 0 Å². The summed E-state index contributed by atoms with van der Waals surface area (Å²) in [6.07, 6.45) is 4.06. The molecule has 0 aliphatic carbocycles. The summed E-state index contributed by atoms with van der Waals surface area (Å²) in [7, 11) is 0. The number of esters is 2. The lowest BCUT2D eigenvalue weighted by molar-refractivity contribution is -0.166. The Bertz CT molecular complexity index is 389. The minimum absolute atomic E-state index is 0.192. The van der Waals surface area contributed by atoms with Crippen LogP contribution in [0.3, 0.4) is 0 Å². The van der Waals surface area contributed by atoms with Gasteiger partial charge in [-0.05, 0) is 26.7 Å². The van der Waals surface area contributed by atoms with Crippen molar-refractivity contribution in [2.75, 3.05) is 13.2 Å². The van der Waals surface area contributed by atoms with Crippen molar-refractivity contribution in [2.24, 2.45) is 11.3 Å². The summed E-state index contributed by atoms with van der Waals surface area (Å²) in [5, 5.41) is 9.73. The summed E-state index contributed by atoms with van der Waals surface area (Å²) in [6.45, 7) is 7.82. The van der Waals surface area contributed by atoms with E-state index in [0.29, 0.717) is 25.7 Å². The topological polar surface area (TPSA) is 76.4 Å². The molecule has 0 spiro atoms. The lowest BCUT2D eigenvalue weighted by Crippen LogP contribution is -2.43. The molecular formula is C17H29NO4. The summed E-state index contributed by atoms with van der Waals surface area (Å²) < 4.78 is 10.2. The van der Waals surface area contributed by atoms with Gasteiger partial charge >= 0.3 is 11.9 Å². The van der Waals surface area contributed by atoms with Crippen LogP contribution in [-0.4, -0.2) is 25.2 Å². The second kappa shape index (κ2) is 11.1. The van der Waals surface area contributed by atoms with Crippen molar-refractivity contribution in [1.82, 2.24) is 0 Å². The fourth-order valence-electron chi connectivity index (χ4n) is 2.61. The highest BCUT2D eigenvalue weighted by Gasteiger charge is 2.50. The first-order valence-electron chi connectivity index (χ1n) is 8.29. The molecule has 0 saturated heterocycles. The molecule has 2 unspecified atom stereocenters. The van der Waals surface area contributed by atoms with E-state index in [1.54, 1.807) is 13.8 Å². The van der Waals surface area contributed by atoms with Crippen molar-refractivity contribution in [3.8, 4) is 6.07 Å². The molecule has 0 aliphatic heterocycles. The molecule has 5 heteroatoms. The summed E-state index contributed by atoms with van der Waals surface area (Å²) in [6, 6.07) is 2.11. The molecule has 0 rings (SSSR count). The molecule has 0 heterocycles. The molecule has 0 N–H and O–H groups in total. The fraction of sp³-hybridized carbons (Fsp3) is 0.824. The number of carbonyl (C=O) groups excluding carboxylic acids is 2. The first-order valence-corrected chi connectivity index (χ1v) is 8.29. The van der Waals surface area contributed by atoms with Gasteiger partial charge in [-0.3, -0.25) is 9.59 Å². The third-order valence-corrected chi connectivity index (χ3v) is 3.76. The summed E-state index contributed by atoms with van der Waals surface area (Å²) in [5.74, 6) is -1.84. The Balaban J connectivity index is 5.57. The van der Waals surface area contributed by atoms with E-state index < -0.39 is 23.3 Å². The van der Waals surface area contributed by atoms with E-state index in [0.717, 1.165) is 12.8 Å². The maximum Gasteiger partial charge on any atom is 0.327 e. The second-order valence-corrected chi connectivity index (χ2v) is 5.35. The highest BCUT2D eigenvalue weighted by molar-refractivity contribution is 5.88. The molecule has 0 amide bonds. The normalized spacial score (nSPS) is 14.5. The third kappa shape index (κ3) is 5.32. The number of rotatable bonds is 11. The van der Waals surface area contributed by atoms with Gasteiger partial charge in [-0.2, -0.15) is 5.26 Å². The number of nitrogens with zero attached hydrogens (tertiary/aromatic N) is 1. The quantitative estimate of drug-likeness (QED) is 0.430. The van der Waals surface area contributed by atoms with Crippen LogP contribution in [0.25, 0.3) is 0 Å². The highest BCUT2D eigenvalue weighted by Crippen LogP contribution is 2.38. The zero-order valence-corrected chi connectivity index (χ0v) is 14.3. The van der Waals surface area contributed by atoms with Crippen LogP contribution in [0.15, 0.2) is 0 Å². The Morgan fingerprint density at radius 2 is 1.68 bits per heavy atom. The van der Waals surface area contributed by atoms with E-state index in [2.05, 4.69) is 6.07 Å². The van der Waals surface area contributed by atoms with Gasteiger partial charge in [0.05, 0.1) is 25.2 Å². The van der Waals surface area contributed by atoms with Gasteiger partial charge in [-0.25, -0.2) is 0 Å². The molecule has 0 bridgehead atoms. The van der Waals surface area contributed by atoms with Crippen LogP contribution in [0.2, 0.25) is 0 Å². The number of hydrogen-bond acceptors (Lipinski definition) is 5. The molecule has 2 atom stereocenters. The van der Waals surface area contributed by atoms with Gasteiger partial charge in [-0.1, -0.05) is 39.5 Å². The van der Waals surface area contributed by atoms with Crippen molar-refractivity contribution in [3.63, 3.8) is 0 Å². The van der Waals surface area contributed by atoms with Crippen LogP contribution in [0.4, 0.5) is 0 Å². The van der Waals surface area contributed by atoms with Gasteiger partial charge in [0.1, 0.15) is 0 Å². The maximum atomic E-state index is 12.5. The van der Waals surface area contributed by atoms with Gasteiger partial charge in [0, 0.05) is 0 Å². The minimum Gasteiger partial charge on any atom is -0.466 e. The monoisotopic (exact) mass is 311 g/mol. The summed E-state index contributed by atoms with van der Waals surface area (Å²) in [4.78, 5) is 24.8. The van der Waals surface area contributed by atoms with Crippen LogP contribution in [0.5, 0.6) is 0 Å². The van der Waals surface area contributed by atoms with Gasteiger partial charge in [-0.15, -0.1) is 0 Å². The van der Waals surface area contributed by atoms with E-state index in [9.17, 15) is 14.9 Å². The predicted octanol–water partition coefficient (Wildman–Crippen LogP) is 3.62. The SMILES string of the molecule is CCCCCC(C#N)(C(=O)OCC)C(CCC)C(=O)OCC. The Kier molecular flexibility index (Phi) is 10.3. The van der Waals surface area contributed by atoms with Crippen molar-refractivity contribution >= 4 is 11.9 Å². The summed E-state index contributed by atoms with van der Waals surface area (Å²) in [5.41, 5.74) is -1.44. The van der Waals surface area contributed by atoms with E-state index in [1.165, 1.54) is 0 Å². The number of unbranched alkanes of at least 4 members (excludes halogenated alkanes) is 2. The molecule has 126 valence electrons. The molecule has 0 aliphatic rings. The number of ether oxygens (including phenoxy) is 2. The minimum atomic E-state index is -1.44. The lowest BCUT2D eigenvalue weighted by Gasteiger charge is -2.31. The Labute approximate surface area is 134 Å². The molecule has 0 fully saturated rings. The zero-order valence-electron chi connectivity index (χ0n) is 14.3. The number of carbonyl (C=O) groups is 2. The molecule has 5 nitrogen and oxygen atoms in total. The Hall–Kier alpha value is -1.57. The van der Waals surface area contributed by atoms with Crippen LogP contribution < -0.4 is 0 Å². The molecule has 0 aromatic carbocycles. The molecule has 0 aromatic heterocycles. The van der Waals surface area contributed by atoms with E-state index in [1.807, 2.05) is 13.8 Å². The van der Waals surface area contributed by atoms with Crippen molar-refractivity contribution < 1.29 is 19.1 Å². The molecule has 0 radical (unpaired) electrons. The number of nitriles is 1. The third-order valence-electron chi connectivity index (χ3n) is 3.76. The van der Waals surface area contributed by atoms with Crippen LogP contribution in [-0.2, 0) is 19.1 Å². The number of hydrogen-bond donors (Lipinski definition) is 0. The smallest absolute Gasteiger partial charge is 0.327 e. The van der Waals surface area contributed by atoms with E-state index >= 15 is 0 Å². The Morgan fingerprint density at radius 1 is 1.05 bits per heavy atom. The standard InChI is InChI=1S/C17H29NO4/c1-5-9-10-12-17(13-18,16(20)22-8-4)14(11-6-2)15(19)21-7-3/h14H,5-12H2,1-4H3. The second-order valence-electron chi connectivity index (χ2n) is 5.35. The average molecular weight is 311 g/mol. The van der Waals surface area contributed by atoms with Crippen LogP contribution in [0.1, 0.15) is 66.2 Å². The first kappa shape index (κ1) is 20.4. The largest absolute Gasteiger partial charge is 0.466 e. The average Bonchev–Trinajstić information content (AvgIpc) is 2.50. The van der Waals surface area contributed by atoms with Gasteiger partial charge in [0.2, 0.25) is 0 Å². The first-order chi connectivity index (χ1) is 10.5. The maximum absolute atomic E-state index is 12.5. The van der Waals surface area contributed by atoms with Crippen LogP contribution >= 0.6 is 0 Å². The molecule has 0 aromatic rings. The highest BCUT2D eigenvalue weighted by atomic mass is 16.5. The van der Waals surface area contributed by atoms with E-state index in [-0.39, 0.29) is 13.2 Å². The lowest BCUT2D eigenvalue weighted by atomic mass is 9.70. The van der Waals surface area contributed by atoms with Crippen LogP contribution in [0, 0.1) is 22.7 Å². The fourth-order valence-corrected chi connectivity index (χ4v) is 2.61.